The van der Waals surface area contributed by atoms with Crippen molar-refractivity contribution < 1.29 is 53.9 Å². The summed E-state index contributed by atoms with van der Waals surface area (Å²) in [5.74, 6) is 1.20. The van der Waals surface area contributed by atoms with Crippen LogP contribution in [0.15, 0.2) is 255 Å². The summed E-state index contributed by atoms with van der Waals surface area (Å²) in [5.41, 5.74) is 9.38. The van der Waals surface area contributed by atoms with Crippen molar-refractivity contribution in [1.29, 1.82) is 0 Å². The molecule has 0 spiro atoms. The van der Waals surface area contributed by atoms with Crippen molar-refractivity contribution in [1.82, 2.24) is 4.90 Å². The monoisotopic (exact) mass is 1350 g/mol. The molecule has 4 N–H and O–H groups in total. The lowest BCUT2D eigenvalue weighted by molar-refractivity contribution is -0.138. The van der Waals surface area contributed by atoms with E-state index in [-0.39, 0.29) is 69.9 Å². The number of thioether (sulfide) groups is 2. The fraction of sp³-hybridized carbons (Fsp3) is 0.286. The van der Waals surface area contributed by atoms with Gasteiger partial charge < -0.3 is 30.1 Å². The van der Waals surface area contributed by atoms with Gasteiger partial charge in [0, 0.05) is 68.3 Å². The first-order valence-electron chi connectivity index (χ1n) is 33.9. The molecule has 0 bridgehead atoms. The minimum atomic E-state index is -0.895. The van der Waals surface area contributed by atoms with Crippen LogP contribution < -0.4 is 4.74 Å². The molecule has 12 nitrogen and oxygen atoms in total. The fourth-order valence-corrected chi connectivity index (χ4v) is 14.9. The summed E-state index contributed by atoms with van der Waals surface area (Å²) in [6.07, 6.45) is 10.8. The van der Waals surface area contributed by atoms with Gasteiger partial charge >= 0.3 is 11.9 Å². The van der Waals surface area contributed by atoms with Gasteiger partial charge in [0.15, 0.2) is 17.3 Å². The molecule has 0 heterocycles. The number of unbranched alkanes of at least 4 members (excludes halogenated alkanes) is 6. The summed E-state index contributed by atoms with van der Waals surface area (Å²) >= 11 is 4.04. The Kier molecular flexibility index (Phi) is 32.2. The number of Topliss-reactive ketones (excluding diaryl/α,β-unsaturated/α-hetero) is 3. The molecule has 9 aromatic rings. The first kappa shape index (κ1) is 75.9. The van der Waals surface area contributed by atoms with Gasteiger partial charge in [-0.15, -0.1) is 23.5 Å². The molecule has 0 aliphatic rings. The third kappa shape index (κ3) is 23.9. The number of hydrogen-bond donors (Lipinski definition) is 4. The van der Waals surface area contributed by atoms with Crippen LogP contribution in [0.2, 0.25) is 0 Å². The highest BCUT2D eigenvalue weighted by Gasteiger charge is 2.38. The average molecular weight is 1350 g/mol. The topological polar surface area (TPSA) is 196 Å². The second-order valence-electron chi connectivity index (χ2n) is 23.9. The van der Waals surface area contributed by atoms with Crippen LogP contribution in [0.3, 0.4) is 0 Å². The van der Waals surface area contributed by atoms with Crippen LogP contribution in [-0.2, 0) is 23.9 Å². The Labute approximate surface area is 586 Å². The van der Waals surface area contributed by atoms with E-state index in [2.05, 4.69) is 187 Å². The molecule has 0 saturated heterocycles. The molecule has 0 unspecified atom stereocenters. The lowest BCUT2D eigenvalue weighted by atomic mass is 9.84. The molecule has 9 aromatic carbocycles. The Morgan fingerprint density at radius 3 is 0.867 bits per heavy atom. The zero-order chi connectivity index (χ0) is 69.6. The minimum absolute atomic E-state index is 0.00159. The summed E-state index contributed by atoms with van der Waals surface area (Å²) in [7, 11) is 1.56. The number of benzene rings is 9. The highest BCUT2D eigenvalue weighted by Crippen LogP contribution is 2.50. The molecule has 0 saturated carbocycles. The van der Waals surface area contributed by atoms with E-state index in [1.165, 1.54) is 69.8 Å². The van der Waals surface area contributed by atoms with Gasteiger partial charge in [0.05, 0.1) is 16.6 Å². The van der Waals surface area contributed by atoms with E-state index in [1.807, 2.05) is 23.5 Å². The number of phenols is 2. The molecular weight excluding hydrogens is 1260 g/mol. The average Bonchev–Trinajstić information content (AvgIpc) is 0.768. The van der Waals surface area contributed by atoms with Gasteiger partial charge in [-0.2, -0.15) is 0 Å². The normalized spacial score (nSPS) is 11.0. The van der Waals surface area contributed by atoms with Crippen LogP contribution in [0.5, 0.6) is 17.2 Å². The molecule has 0 aromatic heterocycles. The number of methoxy groups -OCH3 is 1. The summed E-state index contributed by atoms with van der Waals surface area (Å²) in [6.45, 7) is 1.48. The molecule has 98 heavy (non-hydrogen) atoms. The largest absolute Gasteiger partial charge is 0.508 e. The van der Waals surface area contributed by atoms with E-state index in [0.29, 0.717) is 54.5 Å². The van der Waals surface area contributed by atoms with E-state index in [4.69, 9.17) is 20.1 Å². The Hall–Kier alpha value is -9.50. The predicted molar refractivity (Wildman–Crippen MR) is 396 cm³/mol. The number of ether oxygens (including phenoxy) is 1. The molecule has 0 fully saturated rings. The lowest BCUT2D eigenvalue weighted by Gasteiger charge is -2.35. The number of rotatable bonds is 38. The van der Waals surface area contributed by atoms with Gasteiger partial charge in [0.2, 0.25) is 5.91 Å². The zero-order valence-electron chi connectivity index (χ0n) is 56.0. The van der Waals surface area contributed by atoms with Crippen LogP contribution in [0.1, 0.15) is 174 Å². The van der Waals surface area contributed by atoms with Crippen LogP contribution in [0.4, 0.5) is 0 Å². The Balaban J connectivity index is 0.000000355. The molecule has 0 atom stereocenters. The zero-order valence-corrected chi connectivity index (χ0v) is 57.6. The van der Waals surface area contributed by atoms with Crippen molar-refractivity contribution >= 4 is 58.7 Å². The number of aromatic hydroxyl groups is 2. The van der Waals surface area contributed by atoms with Crippen molar-refractivity contribution in [3.05, 3.63) is 305 Å². The first-order valence-corrected chi connectivity index (χ1v) is 35.8. The lowest BCUT2D eigenvalue weighted by Crippen LogP contribution is -2.33. The summed E-state index contributed by atoms with van der Waals surface area (Å²) in [6, 6.07) is 84.5. The van der Waals surface area contributed by atoms with Gasteiger partial charge in [0.25, 0.3) is 0 Å². The quantitative estimate of drug-likeness (QED) is 0.0162. The van der Waals surface area contributed by atoms with Gasteiger partial charge in [-0.05, 0) is 163 Å². The summed E-state index contributed by atoms with van der Waals surface area (Å²) in [5, 5.41) is 35.5. The molecule has 1 amide bonds. The maximum absolute atomic E-state index is 13.8. The number of hydrogen-bond acceptors (Lipinski definition) is 11. The molecule has 9 rings (SSSR count). The highest BCUT2D eigenvalue weighted by atomic mass is 32.2. The van der Waals surface area contributed by atoms with E-state index in [9.17, 15) is 33.9 Å². The number of carbonyl (C=O) groups excluding carboxylic acids is 4. The number of ketones is 3. The smallest absolute Gasteiger partial charge is 0.303 e. The highest BCUT2D eigenvalue weighted by molar-refractivity contribution is 8.00. The number of aliphatic carboxylic acids is 2. The predicted octanol–water partition coefficient (Wildman–Crippen LogP) is 19.1. The summed E-state index contributed by atoms with van der Waals surface area (Å²) in [4.78, 5) is 72.4. The molecule has 0 aliphatic heterocycles. The van der Waals surface area contributed by atoms with Gasteiger partial charge in [-0.1, -0.05) is 208 Å². The van der Waals surface area contributed by atoms with Crippen LogP contribution in [0.25, 0.3) is 0 Å². The van der Waals surface area contributed by atoms with Crippen LogP contribution >= 0.6 is 23.5 Å². The molecule has 510 valence electrons. The minimum Gasteiger partial charge on any atom is -0.508 e. The van der Waals surface area contributed by atoms with E-state index >= 15 is 0 Å². The Morgan fingerprint density at radius 1 is 0.327 bits per heavy atom. The van der Waals surface area contributed by atoms with Gasteiger partial charge in [0.1, 0.15) is 17.2 Å². The molecule has 0 radical (unpaired) electrons. The maximum Gasteiger partial charge on any atom is 0.303 e. The maximum atomic E-state index is 13.8. The second-order valence-corrected chi connectivity index (χ2v) is 26.5. The summed E-state index contributed by atoms with van der Waals surface area (Å²) < 4.78 is 4.34. The third-order valence-electron chi connectivity index (χ3n) is 16.9. The van der Waals surface area contributed by atoms with Gasteiger partial charge in [-0.25, -0.2) is 0 Å². The number of nitrogens with zero attached hydrogens (tertiary/aromatic N) is 1. The van der Waals surface area contributed by atoms with Crippen molar-refractivity contribution in [2.24, 2.45) is 0 Å². The Morgan fingerprint density at radius 2 is 0.592 bits per heavy atom. The fourth-order valence-electron chi connectivity index (χ4n) is 11.7. The number of carboxylic acid groups (broad SMARTS) is 2. The van der Waals surface area contributed by atoms with E-state index in [0.717, 1.165) is 76.0 Å². The first-order chi connectivity index (χ1) is 47.7. The van der Waals surface area contributed by atoms with Crippen molar-refractivity contribution in [2.75, 3.05) is 31.7 Å². The standard InChI is InChI=1S/C61H65NO3S2.C12H14O4.C11H12O4/c63-57-44-42-50(43-45-57)58(64)40-27-41-59(65)62(46-23-1-3-25-48-66-60(51-28-11-5-12-29-51,52-30-13-6-14-31-52)53-32-15-7-16-33-53)47-24-2-4-26-49-67-61(54-34-17-8-18-35-54,55-36-19-9-20-37-55)56-38-21-10-22-39-56;1-16-10-7-5-9(6-8-10)11(13)3-2-4-12(14)15;12-9-6-4-8(5-7-9)10(13)2-1-3-11(14)15/h5-22,28-39,42-45,63H,1-4,23-27,40-41,46-49H2;5-8H,2-4H2,1H3,(H,14,15);4-7,12H,1-3H2,(H,14,15). The number of carboxylic acids is 2. The van der Waals surface area contributed by atoms with E-state index in [1.54, 1.807) is 43.5 Å². The molecule has 14 heteroatoms. The third-order valence-corrected chi connectivity index (χ3v) is 20.2. The molecule has 0 aliphatic carbocycles. The number of carbonyl (C=O) groups is 6. The van der Waals surface area contributed by atoms with Crippen LogP contribution in [0, 0.1) is 0 Å². The van der Waals surface area contributed by atoms with Crippen molar-refractivity contribution in [3.63, 3.8) is 0 Å². The van der Waals surface area contributed by atoms with Crippen molar-refractivity contribution in [2.45, 2.75) is 119 Å². The molecular formula is C84H91NO11S2. The Bertz CT molecular complexity index is 3470. The number of phenolic OH excluding ortho intramolecular Hbond substituents is 2. The van der Waals surface area contributed by atoms with Crippen molar-refractivity contribution in [3.8, 4) is 17.2 Å². The SMILES string of the molecule is COc1ccc(C(=O)CCCC(=O)O)cc1.O=C(CCCC(=O)N(CCCCCCSC(c1ccccc1)(c1ccccc1)c1ccccc1)CCCCCCSC(c1ccccc1)(c1ccccc1)c1ccccc1)c1ccc(O)cc1.O=C(O)CCCC(=O)c1ccc(O)cc1. The van der Waals surface area contributed by atoms with Crippen LogP contribution in [-0.4, -0.2) is 92.2 Å². The van der Waals surface area contributed by atoms with E-state index < -0.39 is 11.9 Å². The second kappa shape index (κ2) is 41.6. The van der Waals surface area contributed by atoms with Gasteiger partial charge in [-0.3, -0.25) is 28.8 Å². The number of amides is 1.